The molecular formula is C19H16ClFN2O3S. The molecule has 3 aromatic rings. The molecular weight excluding hydrogens is 391 g/mol. The van der Waals surface area contributed by atoms with Gasteiger partial charge in [-0.2, -0.15) is 0 Å². The van der Waals surface area contributed by atoms with Crippen LogP contribution in [0.25, 0.3) is 10.6 Å². The van der Waals surface area contributed by atoms with Gasteiger partial charge >= 0.3 is 0 Å². The summed E-state index contributed by atoms with van der Waals surface area (Å²) in [7, 11) is 3.14. The number of thiazole rings is 1. The van der Waals surface area contributed by atoms with Crippen molar-refractivity contribution in [3.05, 3.63) is 58.3 Å². The zero-order valence-electron chi connectivity index (χ0n) is 14.6. The van der Waals surface area contributed by atoms with Gasteiger partial charge in [-0.05, 0) is 36.4 Å². The third kappa shape index (κ3) is 4.56. The van der Waals surface area contributed by atoms with Crippen molar-refractivity contribution < 1.29 is 18.7 Å². The van der Waals surface area contributed by atoms with Crippen LogP contribution in [0.4, 0.5) is 10.1 Å². The molecule has 2 aromatic carbocycles. The molecule has 5 nitrogen and oxygen atoms in total. The number of benzene rings is 2. The van der Waals surface area contributed by atoms with Crippen LogP contribution in [-0.4, -0.2) is 25.1 Å². The molecule has 3 rings (SSSR count). The van der Waals surface area contributed by atoms with Crippen molar-refractivity contribution in [2.75, 3.05) is 19.5 Å². The number of aromatic nitrogens is 1. The lowest BCUT2D eigenvalue weighted by Gasteiger charge is -2.08. The first-order chi connectivity index (χ1) is 13.0. The van der Waals surface area contributed by atoms with Crippen LogP contribution in [0.3, 0.4) is 0 Å². The molecule has 27 heavy (non-hydrogen) atoms. The molecule has 140 valence electrons. The first-order valence-corrected chi connectivity index (χ1v) is 9.17. The van der Waals surface area contributed by atoms with Crippen LogP contribution >= 0.6 is 22.9 Å². The summed E-state index contributed by atoms with van der Waals surface area (Å²) in [5.74, 6) is 0.283. The van der Waals surface area contributed by atoms with E-state index in [0.717, 1.165) is 16.6 Å². The second kappa shape index (κ2) is 8.37. The maximum Gasteiger partial charge on any atom is 0.230 e. The van der Waals surface area contributed by atoms with Gasteiger partial charge in [-0.15, -0.1) is 11.3 Å². The number of nitrogens with zero attached hydrogens (tertiary/aromatic N) is 1. The van der Waals surface area contributed by atoms with E-state index in [4.69, 9.17) is 21.1 Å². The quantitative estimate of drug-likeness (QED) is 0.638. The average molecular weight is 407 g/mol. The molecule has 0 saturated heterocycles. The summed E-state index contributed by atoms with van der Waals surface area (Å²) in [5, 5.41) is 5.33. The Kier molecular flexibility index (Phi) is 5.93. The van der Waals surface area contributed by atoms with Crippen molar-refractivity contribution in [3.8, 4) is 22.1 Å². The van der Waals surface area contributed by atoms with Crippen molar-refractivity contribution >= 4 is 34.5 Å². The number of hydrogen-bond acceptors (Lipinski definition) is 5. The summed E-state index contributed by atoms with van der Waals surface area (Å²) >= 11 is 7.12. The number of ether oxygens (including phenoxy) is 2. The minimum atomic E-state index is -0.583. The lowest BCUT2D eigenvalue weighted by molar-refractivity contribution is -0.115. The molecule has 0 aliphatic rings. The second-order valence-corrected chi connectivity index (χ2v) is 6.86. The zero-order chi connectivity index (χ0) is 19.4. The molecule has 1 aromatic heterocycles. The van der Waals surface area contributed by atoms with Crippen molar-refractivity contribution in [3.63, 3.8) is 0 Å². The molecule has 0 radical (unpaired) electrons. The largest absolute Gasteiger partial charge is 0.493 e. The van der Waals surface area contributed by atoms with Crippen LogP contribution in [0.1, 0.15) is 5.69 Å². The molecule has 0 fully saturated rings. The summed E-state index contributed by atoms with van der Waals surface area (Å²) in [5.41, 5.74) is 1.53. The minimum absolute atomic E-state index is 0.0336. The lowest BCUT2D eigenvalue weighted by Crippen LogP contribution is -2.15. The van der Waals surface area contributed by atoms with E-state index in [1.54, 1.807) is 25.7 Å². The first-order valence-electron chi connectivity index (χ1n) is 7.92. The van der Waals surface area contributed by atoms with E-state index in [1.165, 1.54) is 23.5 Å². The molecule has 1 amide bonds. The fourth-order valence-electron chi connectivity index (χ4n) is 2.44. The topological polar surface area (TPSA) is 60.5 Å². The van der Waals surface area contributed by atoms with Gasteiger partial charge in [0.2, 0.25) is 5.91 Å². The summed E-state index contributed by atoms with van der Waals surface area (Å²) in [4.78, 5) is 16.6. The van der Waals surface area contributed by atoms with Gasteiger partial charge in [0, 0.05) is 16.0 Å². The molecule has 0 aliphatic carbocycles. The van der Waals surface area contributed by atoms with E-state index in [1.807, 2.05) is 12.1 Å². The Bertz CT molecular complexity index is 977. The van der Waals surface area contributed by atoms with E-state index in [-0.39, 0.29) is 23.0 Å². The van der Waals surface area contributed by atoms with Crippen LogP contribution in [0.5, 0.6) is 11.5 Å². The second-order valence-electron chi connectivity index (χ2n) is 5.56. The number of hydrogen-bond donors (Lipinski definition) is 1. The van der Waals surface area contributed by atoms with Crippen molar-refractivity contribution in [1.29, 1.82) is 0 Å². The summed E-state index contributed by atoms with van der Waals surface area (Å²) in [6.07, 6.45) is 0.0336. The van der Waals surface area contributed by atoms with Crippen molar-refractivity contribution in [2.45, 2.75) is 6.42 Å². The van der Waals surface area contributed by atoms with Gasteiger partial charge in [0.05, 0.1) is 32.0 Å². The molecule has 8 heteroatoms. The van der Waals surface area contributed by atoms with Gasteiger partial charge in [-0.1, -0.05) is 11.6 Å². The molecule has 1 N–H and O–H groups in total. The van der Waals surface area contributed by atoms with E-state index in [2.05, 4.69) is 10.3 Å². The number of methoxy groups -OCH3 is 2. The van der Waals surface area contributed by atoms with Crippen LogP contribution < -0.4 is 14.8 Å². The Morgan fingerprint density at radius 1 is 1.19 bits per heavy atom. The van der Waals surface area contributed by atoms with Crippen molar-refractivity contribution in [2.24, 2.45) is 0 Å². The third-order valence-corrected chi connectivity index (χ3v) is 4.90. The van der Waals surface area contributed by atoms with Crippen LogP contribution in [0, 0.1) is 5.82 Å². The average Bonchev–Trinajstić information content (AvgIpc) is 3.11. The van der Waals surface area contributed by atoms with Gasteiger partial charge in [0.1, 0.15) is 10.8 Å². The third-order valence-electron chi connectivity index (χ3n) is 3.73. The van der Waals surface area contributed by atoms with Gasteiger partial charge in [-0.3, -0.25) is 4.79 Å². The highest BCUT2D eigenvalue weighted by Gasteiger charge is 2.13. The number of carbonyl (C=O) groups excluding carboxylic acids is 1. The van der Waals surface area contributed by atoms with Crippen LogP contribution in [0.2, 0.25) is 5.02 Å². The molecule has 0 unspecified atom stereocenters. The zero-order valence-corrected chi connectivity index (χ0v) is 16.2. The van der Waals surface area contributed by atoms with E-state index < -0.39 is 5.82 Å². The Labute approximate surface area is 164 Å². The number of nitrogens with one attached hydrogen (secondary N) is 1. The maximum atomic E-state index is 13.8. The highest BCUT2D eigenvalue weighted by molar-refractivity contribution is 7.13. The summed E-state index contributed by atoms with van der Waals surface area (Å²) < 4.78 is 24.3. The van der Waals surface area contributed by atoms with Gasteiger partial charge in [-0.25, -0.2) is 9.37 Å². The fraction of sp³-hybridized carbons (Fsp3) is 0.158. The van der Waals surface area contributed by atoms with E-state index in [0.29, 0.717) is 17.2 Å². The van der Waals surface area contributed by atoms with Gasteiger partial charge < -0.3 is 14.8 Å². The molecule has 0 bridgehead atoms. The number of rotatable bonds is 6. The predicted octanol–water partition coefficient (Wildman–Crippen LogP) is 4.80. The van der Waals surface area contributed by atoms with Crippen molar-refractivity contribution in [1.82, 2.24) is 4.98 Å². The predicted molar refractivity (Wildman–Crippen MR) is 104 cm³/mol. The number of amides is 1. The number of halogens is 2. The van der Waals surface area contributed by atoms with Gasteiger partial charge in [0.15, 0.2) is 11.5 Å². The highest BCUT2D eigenvalue weighted by atomic mass is 35.5. The SMILES string of the molecule is COc1ccc(-c2nc(CC(=O)Nc3ccc(Cl)cc3F)cs2)cc1OC. The Morgan fingerprint density at radius 2 is 1.96 bits per heavy atom. The Hall–Kier alpha value is -2.64. The standard InChI is InChI=1S/C19H16ClFN2O3S/c1-25-16-6-3-11(7-17(16)26-2)19-22-13(10-27-19)9-18(24)23-15-5-4-12(20)8-14(15)21/h3-8,10H,9H2,1-2H3,(H,23,24). The van der Waals surface area contributed by atoms with Crippen LogP contribution in [0.15, 0.2) is 41.8 Å². The van der Waals surface area contributed by atoms with Crippen LogP contribution in [-0.2, 0) is 11.2 Å². The Morgan fingerprint density at radius 3 is 2.67 bits per heavy atom. The number of anilines is 1. The minimum Gasteiger partial charge on any atom is -0.493 e. The summed E-state index contributed by atoms with van der Waals surface area (Å²) in [6, 6.07) is 9.57. The van der Waals surface area contributed by atoms with Gasteiger partial charge in [0.25, 0.3) is 0 Å². The molecule has 0 atom stereocenters. The Balaban J connectivity index is 1.71. The normalized spacial score (nSPS) is 10.5. The lowest BCUT2D eigenvalue weighted by atomic mass is 10.2. The smallest absolute Gasteiger partial charge is 0.230 e. The highest BCUT2D eigenvalue weighted by Crippen LogP contribution is 2.33. The summed E-state index contributed by atoms with van der Waals surface area (Å²) in [6.45, 7) is 0. The number of carbonyl (C=O) groups is 1. The van der Waals surface area contributed by atoms with E-state index in [9.17, 15) is 9.18 Å². The monoisotopic (exact) mass is 406 g/mol. The molecule has 0 aliphatic heterocycles. The maximum absolute atomic E-state index is 13.8. The van der Waals surface area contributed by atoms with E-state index >= 15 is 0 Å². The molecule has 0 spiro atoms. The first kappa shape index (κ1) is 19.1. The molecule has 0 saturated carbocycles. The molecule has 1 heterocycles. The fourth-order valence-corrected chi connectivity index (χ4v) is 3.42.